The summed E-state index contributed by atoms with van der Waals surface area (Å²) in [4.78, 5) is 4.50. The van der Waals surface area contributed by atoms with Crippen molar-refractivity contribution in [2.45, 2.75) is 6.92 Å². The number of nitrogen functional groups attached to an aromatic ring is 1. The van der Waals surface area contributed by atoms with Gasteiger partial charge in [0.2, 0.25) is 0 Å². The van der Waals surface area contributed by atoms with Gasteiger partial charge in [-0.15, -0.1) is 0 Å². The van der Waals surface area contributed by atoms with Crippen molar-refractivity contribution in [3.05, 3.63) is 52.1 Å². The maximum Gasteiger partial charge on any atom is 0.157 e. The summed E-state index contributed by atoms with van der Waals surface area (Å²) >= 11 is 12.3. The van der Waals surface area contributed by atoms with Crippen LogP contribution in [-0.2, 0) is 0 Å². The predicted octanol–water partition coefficient (Wildman–Crippen LogP) is 4.20. The van der Waals surface area contributed by atoms with Crippen LogP contribution in [0, 0.1) is 6.92 Å². The highest BCUT2D eigenvalue weighted by molar-refractivity contribution is 6.33. The topological polar surface area (TPSA) is 43.3 Å². The van der Waals surface area contributed by atoms with E-state index in [1.54, 1.807) is 10.5 Å². The lowest BCUT2D eigenvalue weighted by Gasteiger charge is -2.02. The van der Waals surface area contributed by atoms with Gasteiger partial charge < -0.3 is 5.73 Å². The normalized spacial score (nSPS) is 11.1. The Kier molecular flexibility index (Phi) is 2.88. The third-order valence-corrected chi connectivity index (χ3v) is 3.79. The molecule has 0 saturated carbocycles. The number of imidazole rings is 1. The van der Waals surface area contributed by atoms with E-state index < -0.39 is 0 Å². The highest BCUT2D eigenvalue weighted by Gasteiger charge is 2.13. The molecular formula is C14H11Cl2N3. The Morgan fingerprint density at radius 3 is 2.63 bits per heavy atom. The molecule has 0 radical (unpaired) electrons. The SMILES string of the molecule is Cc1ccc(-c2nc3c(Cl)cccn3c2N)cc1Cl. The van der Waals surface area contributed by atoms with Gasteiger partial charge in [-0.2, -0.15) is 0 Å². The van der Waals surface area contributed by atoms with E-state index in [-0.39, 0.29) is 0 Å². The van der Waals surface area contributed by atoms with Gasteiger partial charge in [0.05, 0.1) is 5.02 Å². The van der Waals surface area contributed by atoms with Gasteiger partial charge in [0.15, 0.2) is 5.65 Å². The van der Waals surface area contributed by atoms with Crippen molar-refractivity contribution >= 4 is 34.7 Å². The largest absolute Gasteiger partial charge is 0.383 e. The first-order valence-electron chi connectivity index (χ1n) is 5.76. The lowest BCUT2D eigenvalue weighted by molar-refractivity contribution is 1.20. The van der Waals surface area contributed by atoms with Crippen LogP contribution in [0.5, 0.6) is 0 Å². The molecule has 0 fully saturated rings. The average Bonchev–Trinajstić information content (AvgIpc) is 2.72. The van der Waals surface area contributed by atoms with Gasteiger partial charge in [0, 0.05) is 16.8 Å². The maximum atomic E-state index is 6.14. The van der Waals surface area contributed by atoms with E-state index in [4.69, 9.17) is 28.9 Å². The molecule has 96 valence electrons. The Balaban J connectivity index is 2.28. The molecule has 5 heteroatoms. The van der Waals surface area contributed by atoms with Gasteiger partial charge in [-0.3, -0.25) is 4.40 Å². The predicted molar refractivity (Wildman–Crippen MR) is 79.8 cm³/mol. The van der Waals surface area contributed by atoms with Crippen LogP contribution >= 0.6 is 23.2 Å². The molecule has 1 aromatic carbocycles. The van der Waals surface area contributed by atoms with Crippen LogP contribution in [0.4, 0.5) is 5.82 Å². The first-order valence-corrected chi connectivity index (χ1v) is 6.52. The van der Waals surface area contributed by atoms with E-state index >= 15 is 0 Å². The van der Waals surface area contributed by atoms with Crippen molar-refractivity contribution in [1.82, 2.24) is 9.38 Å². The summed E-state index contributed by atoms with van der Waals surface area (Å²) < 4.78 is 1.77. The number of hydrogen-bond acceptors (Lipinski definition) is 2. The lowest BCUT2D eigenvalue weighted by atomic mass is 10.1. The second-order valence-electron chi connectivity index (χ2n) is 4.36. The zero-order valence-electron chi connectivity index (χ0n) is 10.2. The van der Waals surface area contributed by atoms with Gasteiger partial charge in [0.1, 0.15) is 11.5 Å². The summed E-state index contributed by atoms with van der Waals surface area (Å²) in [6, 6.07) is 9.38. The van der Waals surface area contributed by atoms with Crippen LogP contribution in [-0.4, -0.2) is 9.38 Å². The van der Waals surface area contributed by atoms with E-state index in [0.29, 0.717) is 27.2 Å². The van der Waals surface area contributed by atoms with Crippen molar-refractivity contribution in [2.24, 2.45) is 0 Å². The highest BCUT2D eigenvalue weighted by atomic mass is 35.5. The van der Waals surface area contributed by atoms with Crippen LogP contribution in [0.1, 0.15) is 5.56 Å². The van der Waals surface area contributed by atoms with Crippen LogP contribution in [0.2, 0.25) is 10.0 Å². The minimum absolute atomic E-state index is 0.553. The van der Waals surface area contributed by atoms with Crippen molar-refractivity contribution in [1.29, 1.82) is 0 Å². The monoisotopic (exact) mass is 291 g/mol. The molecule has 19 heavy (non-hydrogen) atoms. The maximum absolute atomic E-state index is 6.14. The molecule has 0 aliphatic heterocycles. The Morgan fingerprint density at radius 2 is 1.95 bits per heavy atom. The number of halogens is 2. The molecule has 0 spiro atoms. The number of benzene rings is 1. The first kappa shape index (κ1) is 12.3. The number of anilines is 1. The van der Waals surface area contributed by atoms with E-state index in [0.717, 1.165) is 11.1 Å². The fraction of sp³-hybridized carbons (Fsp3) is 0.0714. The van der Waals surface area contributed by atoms with Gasteiger partial charge in [-0.25, -0.2) is 4.98 Å². The molecule has 0 aliphatic carbocycles. The van der Waals surface area contributed by atoms with Gasteiger partial charge in [-0.05, 0) is 30.7 Å². The summed E-state index contributed by atoms with van der Waals surface area (Å²) in [6.45, 7) is 1.95. The lowest BCUT2D eigenvalue weighted by Crippen LogP contribution is -1.93. The zero-order chi connectivity index (χ0) is 13.6. The molecular weight excluding hydrogens is 281 g/mol. The average molecular weight is 292 g/mol. The molecule has 3 aromatic rings. The summed E-state index contributed by atoms with van der Waals surface area (Å²) in [5, 5.41) is 1.26. The number of rotatable bonds is 1. The summed E-state index contributed by atoms with van der Waals surface area (Å²) in [7, 11) is 0. The van der Waals surface area contributed by atoms with Crippen LogP contribution < -0.4 is 5.73 Å². The van der Waals surface area contributed by atoms with Crippen LogP contribution in [0.3, 0.4) is 0 Å². The molecule has 0 amide bonds. The Bertz CT molecular complexity index is 778. The Morgan fingerprint density at radius 1 is 1.16 bits per heavy atom. The molecule has 0 unspecified atom stereocenters. The van der Waals surface area contributed by atoms with Gasteiger partial charge in [-0.1, -0.05) is 35.3 Å². The molecule has 2 heterocycles. The molecule has 0 saturated heterocycles. The van der Waals surface area contributed by atoms with E-state index in [1.807, 2.05) is 37.4 Å². The number of fused-ring (bicyclic) bond motifs is 1. The molecule has 0 aliphatic rings. The summed E-state index contributed by atoms with van der Waals surface area (Å²) in [5.41, 5.74) is 9.36. The zero-order valence-corrected chi connectivity index (χ0v) is 11.7. The third kappa shape index (κ3) is 1.95. The standard InChI is InChI=1S/C14H11Cl2N3/c1-8-4-5-9(7-11(8)16)12-13(17)19-6-2-3-10(15)14(19)18-12/h2-7H,17H2,1H3. The van der Waals surface area contributed by atoms with Crippen molar-refractivity contribution < 1.29 is 0 Å². The van der Waals surface area contributed by atoms with Crippen LogP contribution in [0.25, 0.3) is 16.9 Å². The highest BCUT2D eigenvalue weighted by Crippen LogP contribution is 2.31. The minimum Gasteiger partial charge on any atom is -0.383 e. The molecule has 3 rings (SSSR count). The molecule has 2 N–H and O–H groups in total. The first-order chi connectivity index (χ1) is 9.08. The molecule has 2 aromatic heterocycles. The van der Waals surface area contributed by atoms with Crippen LogP contribution in [0.15, 0.2) is 36.5 Å². The Hall–Kier alpha value is -1.71. The van der Waals surface area contributed by atoms with E-state index in [9.17, 15) is 0 Å². The Labute approximate surface area is 120 Å². The summed E-state index contributed by atoms with van der Waals surface area (Å²) in [6.07, 6.45) is 1.84. The minimum atomic E-state index is 0.553. The number of hydrogen-bond donors (Lipinski definition) is 1. The smallest absolute Gasteiger partial charge is 0.157 e. The van der Waals surface area contributed by atoms with Gasteiger partial charge >= 0.3 is 0 Å². The van der Waals surface area contributed by atoms with Crippen molar-refractivity contribution in [3.63, 3.8) is 0 Å². The van der Waals surface area contributed by atoms with E-state index in [2.05, 4.69) is 4.98 Å². The second kappa shape index (κ2) is 4.44. The fourth-order valence-corrected chi connectivity index (χ4v) is 2.39. The quantitative estimate of drug-likeness (QED) is 0.730. The molecule has 0 bridgehead atoms. The number of aryl methyl sites for hydroxylation is 1. The van der Waals surface area contributed by atoms with Crippen molar-refractivity contribution in [2.75, 3.05) is 5.73 Å². The van der Waals surface area contributed by atoms with E-state index in [1.165, 1.54) is 0 Å². The number of pyridine rings is 1. The molecule has 0 atom stereocenters. The third-order valence-electron chi connectivity index (χ3n) is 3.08. The summed E-state index contributed by atoms with van der Waals surface area (Å²) in [5.74, 6) is 0.553. The molecule has 3 nitrogen and oxygen atoms in total. The van der Waals surface area contributed by atoms with Gasteiger partial charge in [0.25, 0.3) is 0 Å². The number of nitrogens with zero attached hydrogens (tertiary/aromatic N) is 2. The number of aromatic nitrogens is 2. The van der Waals surface area contributed by atoms with Crippen molar-refractivity contribution in [3.8, 4) is 11.3 Å². The number of nitrogens with two attached hydrogens (primary N) is 1. The second-order valence-corrected chi connectivity index (χ2v) is 5.17. The fourth-order valence-electron chi connectivity index (χ4n) is 2.01.